The van der Waals surface area contributed by atoms with Gasteiger partial charge in [0.25, 0.3) is 5.91 Å². The average molecular weight is 297 g/mol. The van der Waals surface area contributed by atoms with E-state index in [-0.39, 0.29) is 5.91 Å². The largest absolute Gasteiger partial charge is 0.382 e. The molecule has 1 aromatic rings. The van der Waals surface area contributed by atoms with Crippen LogP contribution < -0.4 is 16.4 Å². The maximum absolute atomic E-state index is 12.7. The minimum atomic E-state index is 0.0125. The first-order valence-electron chi connectivity index (χ1n) is 7.19. The fraction of sp³-hybridized carbons (Fsp3) is 0.692. The van der Waals surface area contributed by atoms with Crippen LogP contribution in [0.15, 0.2) is 0 Å². The van der Waals surface area contributed by atoms with E-state index in [4.69, 9.17) is 5.73 Å². The highest BCUT2D eigenvalue weighted by Gasteiger charge is 2.28. The van der Waals surface area contributed by atoms with Gasteiger partial charge in [0, 0.05) is 19.1 Å². The summed E-state index contributed by atoms with van der Waals surface area (Å²) in [5.41, 5.74) is 5.89. The Labute approximate surface area is 123 Å². The number of thiazole rings is 1. The van der Waals surface area contributed by atoms with E-state index in [2.05, 4.69) is 15.6 Å². The van der Waals surface area contributed by atoms with Gasteiger partial charge in [-0.2, -0.15) is 0 Å². The van der Waals surface area contributed by atoms with Crippen LogP contribution in [0.4, 0.5) is 10.9 Å². The molecule has 0 aromatic carbocycles. The fourth-order valence-electron chi connectivity index (χ4n) is 2.53. The molecule has 1 saturated heterocycles. The molecule has 0 atom stereocenters. The standard InChI is InChI=1S/C13H23N5OS/c1-3-16-13-17-11(14)10(20-13)12(19)18(4-2)9-5-7-15-8-6-9/h9,15H,3-8,14H2,1-2H3,(H,16,17). The number of nitrogens with one attached hydrogen (secondary N) is 2. The number of nitrogen functional groups attached to an aromatic ring is 1. The molecule has 0 unspecified atom stereocenters. The third kappa shape index (κ3) is 3.21. The molecule has 0 aliphatic carbocycles. The summed E-state index contributed by atoms with van der Waals surface area (Å²) in [4.78, 5) is 19.4. The number of carbonyl (C=O) groups excluding carboxylic acids is 1. The van der Waals surface area contributed by atoms with Gasteiger partial charge in [-0.05, 0) is 39.8 Å². The molecule has 7 heteroatoms. The van der Waals surface area contributed by atoms with Crippen LogP contribution in [0.2, 0.25) is 0 Å². The van der Waals surface area contributed by atoms with Crippen molar-refractivity contribution in [1.82, 2.24) is 15.2 Å². The van der Waals surface area contributed by atoms with Gasteiger partial charge in [-0.3, -0.25) is 4.79 Å². The molecule has 6 nitrogen and oxygen atoms in total. The van der Waals surface area contributed by atoms with Crippen LogP contribution >= 0.6 is 11.3 Å². The normalized spacial score (nSPS) is 16.1. The number of nitrogens with two attached hydrogens (primary N) is 1. The number of rotatable bonds is 5. The van der Waals surface area contributed by atoms with E-state index in [1.807, 2.05) is 18.7 Å². The number of hydrogen-bond acceptors (Lipinski definition) is 6. The van der Waals surface area contributed by atoms with E-state index in [1.54, 1.807) is 0 Å². The molecular formula is C13H23N5OS. The van der Waals surface area contributed by atoms with Gasteiger partial charge >= 0.3 is 0 Å². The van der Waals surface area contributed by atoms with Gasteiger partial charge in [-0.15, -0.1) is 0 Å². The van der Waals surface area contributed by atoms with E-state index in [9.17, 15) is 4.79 Å². The second-order valence-corrected chi connectivity index (χ2v) is 5.84. The molecule has 2 heterocycles. The number of aromatic nitrogens is 1. The molecule has 0 saturated carbocycles. The van der Waals surface area contributed by atoms with Gasteiger partial charge in [0.1, 0.15) is 10.7 Å². The lowest BCUT2D eigenvalue weighted by Gasteiger charge is -2.33. The van der Waals surface area contributed by atoms with Crippen molar-refractivity contribution in [3.8, 4) is 0 Å². The third-order valence-electron chi connectivity index (χ3n) is 3.53. The zero-order valence-electron chi connectivity index (χ0n) is 12.1. The lowest BCUT2D eigenvalue weighted by atomic mass is 10.0. The third-order valence-corrected chi connectivity index (χ3v) is 4.54. The van der Waals surface area contributed by atoms with E-state index in [0.29, 0.717) is 23.3 Å². The summed E-state index contributed by atoms with van der Waals surface area (Å²) >= 11 is 1.35. The predicted molar refractivity (Wildman–Crippen MR) is 83.3 cm³/mol. The average Bonchev–Trinajstić information content (AvgIpc) is 2.82. The molecule has 1 fully saturated rings. The lowest BCUT2D eigenvalue weighted by molar-refractivity contribution is 0.0662. The number of hydrogen-bond donors (Lipinski definition) is 3. The highest BCUT2D eigenvalue weighted by molar-refractivity contribution is 7.18. The molecule has 0 radical (unpaired) electrons. The summed E-state index contributed by atoms with van der Waals surface area (Å²) in [5.74, 6) is 0.349. The number of piperidine rings is 1. The smallest absolute Gasteiger partial charge is 0.268 e. The topological polar surface area (TPSA) is 83.3 Å². The molecule has 112 valence electrons. The second kappa shape index (κ2) is 6.90. The SMILES string of the molecule is CCNc1nc(N)c(C(=O)N(CC)C2CCNCC2)s1. The molecule has 1 aromatic heterocycles. The van der Waals surface area contributed by atoms with Crippen LogP contribution in [0.25, 0.3) is 0 Å². The quantitative estimate of drug-likeness (QED) is 0.764. The van der Waals surface area contributed by atoms with Crippen molar-refractivity contribution in [1.29, 1.82) is 0 Å². The Balaban J connectivity index is 2.14. The molecule has 0 spiro atoms. The first-order chi connectivity index (χ1) is 9.67. The van der Waals surface area contributed by atoms with E-state index >= 15 is 0 Å². The Morgan fingerprint density at radius 1 is 1.50 bits per heavy atom. The highest BCUT2D eigenvalue weighted by atomic mass is 32.1. The van der Waals surface area contributed by atoms with Crippen molar-refractivity contribution in [2.75, 3.05) is 37.2 Å². The summed E-state index contributed by atoms with van der Waals surface area (Å²) in [6, 6.07) is 0.304. The van der Waals surface area contributed by atoms with Crippen LogP contribution in [0.5, 0.6) is 0 Å². The first-order valence-corrected chi connectivity index (χ1v) is 8.00. The van der Waals surface area contributed by atoms with Crippen molar-refractivity contribution >= 4 is 28.2 Å². The highest BCUT2D eigenvalue weighted by Crippen LogP contribution is 2.27. The van der Waals surface area contributed by atoms with Gasteiger partial charge in [-0.1, -0.05) is 11.3 Å². The van der Waals surface area contributed by atoms with Gasteiger partial charge < -0.3 is 21.3 Å². The van der Waals surface area contributed by atoms with E-state index in [1.165, 1.54) is 11.3 Å². The molecule has 0 bridgehead atoms. The minimum Gasteiger partial charge on any atom is -0.382 e. The predicted octanol–water partition coefficient (Wildman–Crippen LogP) is 1.37. The van der Waals surface area contributed by atoms with Crippen LogP contribution in [-0.4, -0.2) is 48.0 Å². The Morgan fingerprint density at radius 2 is 2.20 bits per heavy atom. The number of anilines is 2. The van der Waals surface area contributed by atoms with Gasteiger partial charge in [0.15, 0.2) is 5.13 Å². The molecule has 1 aliphatic rings. The summed E-state index contributed by atoms with van der Waals surface area (Å²) < 4.78 is 0. The van der Waals surface area contributed by atoms with Gasteiger partial charge in [0.2, 0.25) is 0 Å². The van der Waals surface area contributed by atoms with Crippen molar-refractivity contribution in [2.24, 2.45) is 0 Å². The van der Waals surface area contributed by atoms with E-state index < -0.39 is 0 Å². The van der Waals surface area contributed by atoms with Crippen LogP contribution in [0.1, 0.15) is 36.4 Å². The summed E-state index contributed by atoms with van der Waals surface area (Å²) in [7, 11) is 0. The van der Waals surface area contributed by atoms with Gasteiger partial charge in [0.05, 0.1) is 0 Å². The molecule has 1 amide bonds. The number of carbonyl (C=O) groups is 1. The maximum atomic E-state index is 12.7. The Bertz CT molecular complexity index is 456. The zero-order valence-corrected chi connectivity index (χ0v) is 12.9. The monoisotopic (exact) mass is 297 g/mol. The fourth-order valence-corrected chi connectivity index (χ4v) is 3.44. The molecule has 4 N–H and O–H groups in total. The minimum absolute atomic E-state index is 0.0125. The van der Waals surface area contributed by atoms with Gasteiger partial charge in [-0.25, -0.2) is 4.98 Å². The number of nitrogens with zero attached hydrogens (tertiary/aromatic N) is 2. The Morgan fingerprint density at radius 3 is 2.80 bits per heavy atom. The van der Waals surface area contributed by atoms with Crippen molar-refractivity contribution in [2.45, 2.75) is 32.7 Å². The van der Waals surface area contributed by atoms with E-state index in [0.717, 1.165) is 37.6 Å². The second-order valence-electron chi connectivity index (χ2n) is 4.84. The molecule has 2 rings (SSSR count). The summed E-state index contributed by atoms with van der Waals surface area (Å²) in [5, 5.41) is 7.15. The Hall–Kier alpha value is -1.34. The first kappa shape index (κ1) is 15.1. The molecule has 20 heavy (non-hydrogen) atoms. The molecular weight excluding hydrogens is 274 g/mol. The van der Waals surface area contributed by atoms with Crippen molar-refractivity contribution in [3.63, 3.8) is 0 Å². The summed E-state index contributed by atoms with van der Waals surface area (Å²) in [6.45, 7) is 7.42. The summed E-state index contributed by atoms with van der Waals surface area (Å²) in [6.07, 6.45) is 2.00. The zero-order chi connectivity index (χ0) is 14.5. The Kier molecular flexibility index (Phi) is 5.19. The number of amides is 1. The van der Waals surface area contributed by atoms with Crippen LogP contribution in [0.3, 0.4) is 0 Å². The van der Waals surface area contributed by atoms with Crippen LogP contribution in [0, 0.1) is 0 Å². The molecule has 1 aliphatic heterocycles. The maximum Gasteiger partial charge on any atom is 0.268 e. The van der Waals surface area contributed by atoms with Crippen LogP contribution in [-0.2, 0) is 0 Å². The van der Waals surface area contributed by atoms with Crippen molar-refractivity contribution in [3.05, 3.63) is 4.88 Å². The lowest BCUT2D eigenvalue weighted by Crippen LogP contribution is -2.46. The van der Waals surface area contributed by atoms with Crippen molar-refractivity contribution < 1.29 is 4.79 Å².